The van der Waals surface area contributed by atoms with Crippen molar-refractivity contribution >= 4 is 17.6 Å². The summed E-state index contributed by atoms with van der Waals surface area (Å²) in [6.07, 6.45) is 0. The molecule has 0 spiro atoms. The van der Waals surface area contributed by atoms with Crippen LogP contribution in [0.2, 0.25) is 5.02 Å². The molecule has 0 aliphatic carbocycles. The number of halogens is 1. The number of nitrogens with one attached hydrogen (secondary N) is 1. The molecule has 0 aromatic heterocycles. The highest BCUT2D eigenvalue weighted by molar-refractivity contribution is 6.32. The summed E-state index contributed by atoms with van der Waals surface area (Å²) in [5, 5.41) is 21.1. The number of carbonyl (C=O) groups is 1. The molecule has 0 aliphatic rings. The van der Waals surface area contributed by atoms with E-state index in [0.717, 1.165) is 0 Å². The van der Waals surface area contributed by atoms with Crippen molar-refractivity contribution < 1.29 is 15.0 Å². The van der Waals surface area contributed by atoms with E-state index >= 15 is 0 Å². The Labute approximate surface area is 92.5 Å². The third-order valence-corrected chi connectivity index (χ3v) is 2.26. The predicted molar refractivity (Wildman–Crippen MR) is 57.2 cm³/mol. The van der Waals surface area contributed by atoms with Gasteiger partial charge in [0.05, 0.1) is 5.02 Å². The van der Waals surface area contributed by atoms with Crippen molar-refractivity contribution in [3.63, 3.8) is 0 Å². The van der Waals surface area contributed by atoms with Gasteiger partial charge in [0.25, 0.3) is 0 Å². The van der Waals surface area contributed by atoms with Gasteiger partial charge >= 0.3 is 5.97 Å². The molecule has 1 atom stereocenters. The van der Waals surface area contributed by atoms with E-state index < -0.39 is 12.0 Å². The Balaban J connectivity index is 3.01. The minimum atomic E-state index is -0.974. The van der Waals surface area contributed by atoms with E-state index in [1.807, 2.05) is 6.92 Å². The van der Waals surface area contributed by atoms with Crippen molar-refractivity contribution in [3.05, 3.63) is 28.8 Å². The van der Waals surface area contributed by atoms with Gasteiger partial charge in [-0.25, -0.2) is 0 Å². The molecular weight excluding hydrogens is 218 g/mol. The van der Waals surface area contributed by atoms with Gasteiger partial charge in [0, 0.05) is 0 Å². The Morgan fingerprint density at radius 3 is 2.73 bits per heavy atom. The highest BCUT2D eigenvalue weighted by Crippen LogP contribution is 2.26. The molecule has 1 unspecified atom stereocenters. The van der Waals surface area contributed by atoms with Crippen LogP contribution in [0.3, 0.4) is 0 Å². The topological polar surface area (TPSA) is 69.6 Å². The molecule has 0 saturated heterocycles. The van der Waals surface area contributed by atoms with Crippen LogP contribution in [0.1, 0.15) is 18.5 Å². The van der Waals surface area contributed by atoms with Crippen molar-refractivity contribution in [2.45, 2.75) is 13.0 Å². The smallest absolute Gasteiger partial charge is 0.325 e. The number of carboxylic acid groups (broad SMARTS) is 1. The second kappa shape index (κ2) is 5.00. The number of aromatic hydroxyl groups is 1. The Hall–Kier alpha value is -1.26. The van der Waals surface area contributed by atoms with E-state index in [0.29, 0.717) is 12.1 Å². The first kappa shape index (κ1) is 11.8. The quantitative estimate of drug-likeness (QED) is 0.736. The molecular formula is C10H12ClNO3. The van der Waals surface area contributed by atoms with E-state index in [1.165, 1.54) is 18.2 Å². The third kappa shape index (κ3) is 2.84. The Morgan fingerprint density at radius 1 is 1.60 bits per heavy atom. The van der Waals surface area contributed by atoms with Crippen LogP contribution in [0, 0.1) is 0 Å². The number of benzene rings is 1. The molecule has 0 heterocycles. The van der Waals surface area contributed by atoms with Crippen LogP contribution in [0.4, 0.5) is 0 Å². The van der Waals surface area contributed by atoms with Gasteiger partial charge in [-0.1, -0.05) is 24.6 Å². The molecule has 5 heteroatoms. The van der Waals surface area contributed by atoms with Crippen molar-refractivity contribution in [3.8, 4) is 5.75 Å². The Morgan fingerprint density at radius 2 is 2.27 bits per heavy atom. The van der Waals surface area contributed by atoms with E-state index in [1.54, 1.807) is 0 Å². The summed E-state index contributed by atoms with van der Waals surface area (Å²) in [5.41, 5.74) is 0.521. The standard InChI is InChI=1S/C10H12ClNO3/c1-2-12-9(10(14)15)6-3-4-8(13)7(11)5-6/h3-5,9,12-13H,2H2,1H3,(H,14,15). The summed E-state index contributed by atoms with van der Waals surface area (Å²) < 4.78 is 0. The van der Waals surface area contributed by atoms with E-state index in [9.17, 15) is 9.90 Å². The zero-order valence-corrected chi connectivity index (χ0v) is 8.95. The maximum atomic E-state index is 10.9. The molecule has 3 N–H and O–H groups in total. The zero-order chi connectivity index (χ0) is 11.4. The fourth-order valence-corrected chi connectivity index (χ4v) is 1.44. The number of hydrogen-bond acceptors (Lipinski definition) is 3. The number of phenolic OH excluding ortho intramolecular Hbond substituents is 1. The minimum Gasteiger partial charge on any atom is -0.506 e. The van der Waals surface area contributed by atoms with Crippen LogP contribution in [-0.4, -0.2) is 22.7 Å². The summed E-state index contributed by atoms with van der Waals surface area (Å²) >= 11 is 5.69. The van der Waals surface area contributed by atoms with Gasteiger partial charge in [0.1, 0.15) is 11.8 Å². The highest BCUT2D eigenvalue weighted by atomic mass is 35.5. The lowest BCUT2D eigenvalue weighted by Gasteiger charge is -2.13. The van der Waals surface area contributed by atoms with Crippen molar-refractivity contribution in [1.29, 1.82) is 0 Å². The average Bonchev–Trinajstić information content (AvgIpc) is 2.18. The zero-order valence-electron chi connectivity index (χ0n) is 8.20. The summed E-state index contributed by atoms with van der Waals surface area (Å²) in [6.45, 7) is 2.35. The first-order chi connectivity index (χ1) is 7.06. The molecule has 15 heavy (non-hydrogen) atoms. The predicted octanol–water partition coefficient (Wildman–Crippen LogP) is 1.78. The maximum absolute atomic E-state index is 10.9. The molecule has 4 nitrogen and oxygen atoms in total. The van der Waals surface area contributed by atoms with Crippen molar-refractivity contribution in [2.24, 2.45) is 0 Å². The first-order valence-corrected chi connectivity index (χ1v) is 4.88. The average molecular weight is 230 g/mol. The number of hydrogen-bond donors (Lipinski definition) is 3. The van der Waals surface area contributed by atoms with Crippen LogP contribution in [0.15, 0.2) is 18.2 Å². The molecule has 1 aromatic carbocycles. The third-order valence-electron chi connectivity index (χ3n) is 1.96. The van der Waals surface area contributed by atoms with Gasteiger partial charge in [0.15, 0.2) is 0 Å². The van der Waals surface area contributed by atoms with Crippen molar-refractivity contribution in [1.82, 2.24) is 5.32 Å². The van der Waals surface area contributed by atoms with Crippen LogP contribution in [-0.2, 0) is 4.79 Å². The molecule has 0 amide bonds. The highest BCUT2D eigenvalue weighted by Gasteiger charge is 2.18. The van der Waals surface area contributed by atoms with Crippen molar-refractivity contribution in [2.75, 3.05) is 6.54 Å². The van der Waals surface area contributed by atoms with Gasteiger partial charge < -0.3 is 15.5 Å². The second-order valence-corrected chi connectivity index (χ2v) is 3.45. The monoisotopic (exact) mass is 229 g/mol. The number of carboxylic acids is 1. The molecule has 0 aliphatic heterocycles. The summed E-state index contributed by atoms with van der Waals surface area (Å²) in [7, 11) is 0. The lowest BCUT2D eigenvalue weighted by Crippen LogP contribution is -2.28. The van der Waals surface area contributed by atoms with Crippen LogP contribution in [0.25, 0.3) is 0 Å². The Kier molecular flexibility index (Phi) is 3.94. The van der Waals surface area contributed by atoms with E-state index in [-0.39, 0.29) is 10.8 Å². The largest absolute Gasteiger partial charge is 0.506 e. The summed E-state index contributed by atoms with van der Waals surface area (Å²) in [5.74, 6) is -1.03. The minimum absolute atomic E-state index is 0.0546. The molecule has 0 radical (unpaired) electrons. The molecule has 0 bridgehead atoms. The molecule has 0 saturated carbocycles. The van der Waals surface area contributed by atoms with Gasteiger partial charge in [-0.2, -0.15) is 0 Å². The van der Waals surface area contributed by atoms with Gasteiger partial charge in [0.2, 0.25) is 0 Å². The van der Waals surface area contributed by atoms with Crippen LogP contribution < -0.4 is 5.32 Å². The molecule has 1 rings (SSSR count). The number of phenols is 1. The molecule has 0 fully saturated rings. The van der Waals surface area contributed by atoms with Gasteiger partial charge in [-0.05, 0) is 24.2 Å². The normalized spacial score (nSPS) is 12.4. The van der Waals surface area contributed by atoms with E-state index in [4.69, 9.17) is 16.7 Å². The lowest BCUT2D eigenvalue weighted by atomic mass is 10.1. The fraction of sp³-hybridized carbons (Fsp3) is 0.300. The molecule has 1 aromatic rings. The SMILES string of the molecule is CCNC(C(=O)O)c1ccc(O)c(Cl)c1. The van der Waals surface area contributed by atoms with Crippen LogP contribution in [0.5, 0.6) is 5.75 Å². The number of aliphatic carboxylic acids is 1. The summed E-state index contributed by atoms with van der Waals surface area (Å²) in [6, 6.07) is 3.56. The van der Waals surface area contributed by atoms with E-state index in [2.05, 4.69) is 5.32 Å². The number of rotatable bonds is 4. The fourth-order valence-electron chi connectivity index (χ4n) is 1.25. The lowest BCUT2D eigenvalue weighted by molar-refractivity contribution is -0.139. The number of likely N-dealkylation sites (N-methyl/N-ethyl adjacent to an activating group) is 1. The first-order valence-electron chi connectivity index (χ1n) is 4.51. The van der Waals surface area contributed by atoms with Gasteiger partial charge in [-0.15, -0.1) is 0 Å². The van der Waals surface area contributed by atoms with Crippen LogP contribution >= 0.6 is 11.6 Å². The molecule has 82 valence electrons. The maximum Gasteiger partial charge on any atom is 0.325 e. The Bertz CT molecular complexity index is 368. The second-order valence-electron chi connectivity index (χ2n) is 3.04. The van der Waals surface area contributed by atoms with Gasteiger partial charge in [-0.3, -0.25) is 4.79 Å². The summed E-state index contributed by atoms with van der Waals surface area (Å²) in [4.78, 5) is 10.9.